The van der Waals surface area contributed by atoms with Gasteiger partial charge in [0.1, 0.15) is 17.3 Å². The lowest BCUT2D eigenvalue weighted by atomic mass is 10.0. The largest absolute Gasteiger partial charge is 0.507 e. The Morgan fingerprint density at radius 3 is 2.44 bits per heavy atom. The molecule has 0 aliphatic heterocycles. The summed E-state index contributed by atoms with van der Waals surface area (Å²) in [5, 5.41) is 10.2. The number of hydrogen-bond acceptors (Lipinski definition) is 6. The summed E-state index contributed by atoms with van der Waals surface area (Å²) in [7, 11) is 0. The summed E-state index contributed by atoms with van der Waals surface area (Å²) in [6.07, 6.45) is 0.483. The van der Waals surface area contributed by atoms with Gasteiger partial charge in [0.15, 0.2) is 5.78 Å². The molecule has 1 unspecified atom stereocenters. The lowest BCUT2D eigenvalue weighted by molar-refractivity contribution is -0.137. The van der Waals surface area contributed by atoms with E-state index in [-0.39, 0.29) is 34.5 Å². The van der Waals surface area contributed by atoms with Crippen molar-refractivity contribution in [2.75, 3.05) is 11.5 Å². The van der Waals surface area contributed by atoms with Crippen LogP contribution in [0.5, 0.6) is 11.5 Å². The van der Waals surface area contributed by atoms with E-state index >= 15 is 0 Å². The van der Waals surface area contributed by atoms with Crippen LogP contribution in [0, 0.1) is 5.92 Å². The summed E-state index contributed by atoms with van der Waals surface area (Å²) < 4.78 is 5.29. The van der Waals surface area contributed by atoms with E-state index in [2.05, 4.69) is 0 Å². The van der Waals surface area contributed by atoms with Crippen LogP contribution in [0.3, 0.4) is 0 Å². The summed E-state index contributed by atoms with van der Waals surface area (Å²) in [5.74, 6) is 0.202. The van der Waals surface area contributed by atoms with E-state index in [9.17, 15) is 19.5 Å². The smallest absolute Gasteiger partial charge is 0.314 e. The van der Waals surface area contributed by atoms with E-state index in [1.54, 1.807) is 37.3 Å². The first kappa shape index (κ1) is 20.7. The third kappa shape index (κ3) is 6.25. The van der Waals surface area contributed by atoms with Crippen molar-refractivity contribution in [1.82, 2.24) is 0 Å². The third-order valence-corrected chi connectivity index (χ3v) is 5.07. The molecule has 1 atom stereocenters. The number of carbonyl (C=O) groups excluding carboxylic acids is 3. The number of esters is 1. The number of phenols is 1. The van der Waals surface area contributed by atoms with Crippen molar-refractivity contribution in [3.63, 3.8) is 0 Å². The standard InChI is InChI=1S/C21H22O5S/c1-14(13-27-11-10-15(2)22)21(25)26-17-8-9-18(19(23)12-17)20(24)16-6-4-3-5-7-16/h3-9,12,14,23H,10-11,13H2,1-2H3. The number of benzene rings is 2. The second-order valence-electron chi connectivity index (χ2n) is 6.22. The van der Waals surface area contributed by atoms with Gasteiger partial charge in [-0.3, -0.25) is 14.4 Å². The van der Waals surface area contributed by atoms with E-state index in [0.717, 1.165) is 0 Å². The van der Waals surface area contributed by atoms with Gasteiger partial charge >= 0.3 is 5.97 Å². The molecule has 27 heavy (non-hydrogen) atoms. The molecule has 142 valence electrons. The maximum Gasteiger partial charge on any atom is 0.314 e. The molecule has 0 radical (unpaired) electrons. The number of aromatic hydroxyl groups is 1. The van der Waals surface area contributed by atoms with E-state index < -0.39 is 5.97 Å². The van der Waals surface area contributed by atoms with Crippen LogP contribution in [0.25, 0.3) is 0 Å². The van der Waals surface area contributed by atoms with Gasteiger partial charge in [-0.1, -0.05) is 37.3 Å². The third-order valence-electron chi connectivity index (χ3n) is 3.84. The monoisotopic (exact) mass is 386 g/mol. The Bertz CT molecular complexity index is 817. The number of thioether (sulfide) groups is 1. The fourth-order valence-corrected chi connectivity index (χ4v) is 3.36. The molecule has 0 fully saturated rings. The highest BCUT2D eigenvalue weighted by molar-refractivity contribution is 7.99. The molecule has 2 aromatic carbocycles. The molecular formula is C21H22O5S. The second kappa shape index (κ2) is 9.92. The van der Waals surface area contributed by atoms with Crippen molar-refractivity contribution in [3.05, 3.63) is 59.7 Å². The van der Waals surface area contributed by atoms with Crippen LogP contribution >= 0.6 is 11.8 Å². The van der Waals surface area contributed by atoms with Gasteiger partial charge in [0.05, 0.1) is 11.5 Å². The predicted molar refractivity (Wildman–Crippen MR) is 105 cm³/mol. The Morgan fingerprint density at radius 2 is 1.81 bits per heavy atom. The fraction of sp³-hybridized carbons (Fsp3) is 0.286. The van der Waals surface area contributed by atoms with Crippen molar-refractivity contribution in [2.45, 2.75) is 20.3 Å². The normalized spacial score (nSPS) is 11.6. The number of carbonyl (C=O) groups is 3. The quantitative estimate of drug-likeness (QED) is 0.305. The maximum absolute atomic E-state index is 12.4. The zero-order chi connectivity index (χ0) is 19.8. The van der Waals surface area contributed by atoms with E-state index in [4.69, 9.17) is 4.74 Å². The molecule has 5 nitrogen and oxygen atoms in total. The van der Waals surface area contributed by atoms with Gasteiger partial charge < -0.3 is 9.84 Å². The van der Waals surface area contributed by atoms with Crippen LogP contribution in [0.2, 0.25) is 0 Å². The van der Waals surface area contributed by atoms with Gasteiger partial charge in [-0.2, -0.15) is 11.8 Å². The van der Waals surface area contributed by atoms with Gasteiger partial charge in [-0.15, -0.1) is 0 Å². The SMILES string of the molecule is CC(=O)CCSCC(C)C(=O)Oc1ccc(C(=O)c2ccccc2)c(O)c1. The highest BCUT2D eigenvalue weighted by Gasteiger charge is 2.18. The minimum absolute atomic E-state index is 0.123. The molecule has 0 aromatic heterocycles. The minimum atomic E-state index is -0.424. The van der Waals surface area contributed by atoms with Crippen molar-refractivity contribution in [3.8, 4) is 11.5 Å². The van der Waals surface area contributed by atoms with E-state index in [1.165, 1.54) is 36.9 Å². The number of hydrogen-bond donors (Lipinski definition) is 1. The van der Waals surface area contributed by atoms with Crippen molar-refractivity contribution < 1.29 is 24.2 Å². The Kier molecular flexibility index (Phi) is 7.61. The van der Waals surface area contributed by atoms with Crippen LogP contribution in [0.4, 0.5) is 0 Å². The first-order valence-electron chi connectivity index (χ1n) is 8.60. The predicted octanol–water partition coefficient (Wildman–Crippen LogP) is 3.88. The molecule has 2 aromatic rings. The molecular weight excluding hydrogens is 364 g/mol. The van der Waals surface area contributed by atoms with E-state index in [0.29, 0.717) is 23.5 Å². The van der Waals surface area contributed by atoms with Crippen LogP contribution in [-0.2, 0) is 9.59 Å². The Labute approximate surface area is 162 Å². The highest BCUT2D eigenvalue weighted by atomic mass is 32.2. The topological polar surface area (TPSA) is 80.7 Å². The highest BCUT2D eigenvalue weighted by Crippen LogP contribution is 2.26. The molecule has 0 aliphatic rings. The van der Waals surface area contributed by atoms with Crippen LogP contribution in [-0.4, -0.2) is 34.1 Å². The maximum atomic E-state index is 12.4. The van der Waals surface area contributed by atoms with Crippen LogP contribution in [0.1, 0.15) is 36.2 Å². The summed E-state index contributed by atoms with van der Waals surface area (Å²) >= 11 is 1.52. The number of ketones is 2. The van der Waals surface area contributed by atoms with Gasteiger partial charge in [0.2, 0.25) is 0 Å². The zero-order valence-electron chi connectivity index (χ0n) is 15.3. The molecule has 0 saturated carbocycles. The van der Waals surface area contributed by atoms with Crippen molar-refractivity contribution >= 4 is 29.3 Å². The minimum Gasteiger partial charge on any atom is -0.507 e. The summed E-state index contributed by atoms with van der Waals surface area (Å²) in [6.45, 7) is 3.28. The molecule has 0 bridgehead atoms. The Balaban J connectivity index is 1.96. The first-order valence-corrected chi connectivity index (χ1v) is 9.75. The number of ether oxygens (including phenoxy) is 1. The number of Topliss-reactive ketones (excluding diaryl/α,β-unsaturated/α-hetero) is 1. The van der Waals surface area contributed by atoms with Gasteiger partial charge in [-0.05, 0) is 19.1 Å². The van der Waals surface area contributed by atoms with Crippen molar-refractivity contribution in [1.29, 1.82) is 0 Å². The van der Waals surface area contributed by atoms with Gasteiger partial charge in [0, 0.05) is 29.6 Å². The van der Waals surface area contributed by atoms with Gasteiger partial charge in [-0.25, -0.2) is 0 Å². The summed E-state index contributed by atoms with van der Waals surface area (Å²) in [4.78, 5) is 35.5. The summed E-state index contributed by atoms with van der Waals surface area (Å²) in [5.41, 5.74) is 0.614. The summed E-state index contributed by atoms with van der Waals surface area (Å²) in [6, 6.07) is 12.8. The van der Waals surface area contributed by atoms with E-state index in [1.807, 2.05) is 0 Å². The van der Waals surface area contributed by atoms with Crippen LogP contribution in [0.15, 0.2) is 48.5 Å². The van der Waals surface area contributed by atoms with Crippen molar-refractivity contribution in [2.24, 2.45) is 5.92 Å². The average molecular weight is 386 g/mol. The zero-order valence-corrected chi connectivity index (χ0v) is 16.1. The lowest BCUT2D eigenvalue weighted by Gasteiger charge is -2.12. The fourth-order valence-electron chi connectivity index (χ4n) is 2.27. The van der Waals surface area contributed by atoms with Gasteiger partial charge in [0.25, 0.3) is 0 Å². The molecule has 0 amide bonds. The lowest BCUT2D eigenvalue weighted by Crippen LogP contribution is -2.20. The molecule has 0 heterocycles. The first-order chi connectivity index (χ1) is 12.9. The Hall–Kier alpha value is -2.60. The number of phenolic OH excluding ortho intramolecular Hbond substituents is 1. The molecule has 2 rings (SSSR count). The molecule has 0 aliphatic carbocycles. The molecule has 6 heteroatoms. The second-order valence-corrected chi connectivity index (χ2v) is 7.37. The number of rotatable bonds is 9. The Morgan fingerprint density at radius 1 is 1.11 bits per heavy atom. The molecule has 0 spiro atoms. The molecule has 0 saturated heterocycles. The van der Waals surface area contributed by atoms with Crippen LogP contribution < -0.4 is 4.74 Å². The average Bonchev–Trinajstić information content (AvgIpc) is 2.65. The molecule has 1 N–H and O–H groups in total.